The fourth-order valence-corrected chi connectivity index (χ4v) is 12.0. The summed E-state index contributed by atoms with van der Waals surface area (Å²) in [7, 11) is 0. The van der Waals surface area contributed by atoms with Crippen LogP contribution in [-0.4, -0.2) is 118 Å². The van der Waals surface area contributed by atoms with E-state index in [4.69, 9.17) is 18.9 Å². The molecule has 9 heterocycles. The first kappa shape index (κ1) is 56.9. The van der Waals surface area contributed by atoms with Crippen LogP contribution >= 0.6 is 0 Å². The van der Waals surface area contributed by atoms with E-state index in [1.807, 2.05) is 0 Å². The molecule has 0 amide bonds. The summed E-state index contributed by atoms with van der Waals surface area (Å²) >= 11 is 0. The first-order valence-electron chi connectivity index (χ1n) is 31.1. The molecule has 8 bridgehead atoms. The van der Waals surface area contributed by atoms with Crippen LogP contribution in [-0.2, 0) is 0 Å². The minimum Gasteiger partial charge on any atom is -0.494 e. The van der Waals surface area contributed by atoms with E-state index in [1.165, 1.54) is 0 Å². The summed E-state index contributed by atoms with van der Waals surface area (Å²) in [5.74, 6) is 3.35. The van der Waals surface area contributed by atoms with Gasteiger partial charge in [-0.2, -0.15) is 0 Å². The number of benzene rings is 4. The highest BCUT2D eigenvalue weighted by molar-refractivity contribution is 5.85. The Hall–Kier alpha value is -10.2. The van der Waals surface area contributed by atoms with E-state index in [-0.39, 0.29) is 0 Å². The van der Waals surface area contributed by atoms with Gasteiger partial charge >= 0.3 is 0 Å². The van der Waals surface area contributed by atoms with Gasteiger partial charge in [-0.1, -0.05) is 97.1 Å². The molecule has 444 valence electrons. The molecule has 0 unspecified atom stereocenters. The molecule has 4 aromatic carbocycles. The van der Waals surface area contributed by atoms with Crippen LogP contribution in [0.3, 0.4) is 0 Å². The normalized spacial score (nSPS) is 15.1. The number of rotatable bonds is 24. The van der Waals surface area contributed by atoms with E-state index in [0.29, 0.717) is 26.4 Å². The number of H-pyrrole nitrogens is 4. The second-order valence-electron chi connectivity index (χ2n) is 22.6. The fraction of sp³-hybridized carbons (Fsp3) is 0.211. The number of nitrogens with one attached hydrogen (secondary N) is 4. The minimum atomic E-state index is 0.627. The number of hydrogen-bond acceptors (Lipinski definition) is 8. The first-order chi connectivity index (χ1) is 43.6. The monoisotopic (exact) mass is 1160 g/mol. The molecule has 4 aromatic heterocycles. The molecule has 0 spiro atoms. The van der Waals surface area contributed by atoms with Crippen LogP contribution in [0.4, 0.5) is 0 Å². The van der Waals surface area contributed by atoms with Crippen molar-refractivity contribution in [2.45, 2.75) is 25.7 Å². The topological polar surface area (TPSA) is 113 Å². The molecule has 5 aliphatic heterocycles. The molecule has 12 heteroatoms. The molecule has 0 fully saturated rings. The molecule has 88 heavy (non-hydrogen) atoms. The minimum absolute atomic E-state index is 0.627. The van der Waals surface area contributed by atoms with Crippen LogP contribution < -0.4 is 40.3 Å². The summed E-state index contributed by atoms with van der Waals surface area (Å²) < 4.78 is 25.4. The highest BCUT2D eigenvalue weighted by Crippen LogP contribution is 2.31. The predicted molar refractivity (Wildman–Crippen MR) is 354 cm³/mol. The molecule has 5 aliphatic rings. The molecule has 13 rings (SSSR count). The van der Waals surface area contributed by atoms with Crippen LogP contribution in [0.2, 0.25) is 0 Å². The molecule has 8 aromatic rings. The van der Waals surface area contributed by atoms with Gasteiger partial charge in [0.1, 0.15) is 23.0 Å². The lowest BCUT2D eigenvalue weighted by Crippen LogP contribution is -2.21. The van der Waals surface area contributed by atoms with Crippen molar-refractivity contribution in [3.05, 3.63) is 310 Å². The third-order valence-electron chi connectivity index (χ3n) is 16.4. The Balaban J connectivity index is 0.888. The Kier molecular flexibility index (Phi) is 18.0. The number of hydrogen-bond donors (Lipinski definition) is 4. The Labute approximate surface area is 515 Å². The zero-order valence-electron chi connectivity index (χ0n) is 49.8. The molecule has 0 atom stereocenters. The number of aromatic nitrogens is 4. The van der Waals surface area contributed by atoms with Gasteiger partial charge in [0.05, 0.1) is 26.4 Å². The lowest BCUT2D eigenvalue weighted by atomic mass is 10.0. The SMILES string of the molecule is C1=CCN(CCCOc2ccc(C3=c4ccc([nH]4)=C(c4ccc(OCCCN5C=CC=CC5)cc4)c4ccc([nH]4)C(c4ccc(OCCCN5C=CC=CC5)cc4)=c4ccc([nH]4)=C(c4ccc(OCCCN5C=CC=CC5)cc4)c4ccc3[nH]4)cc2)C=C1. The Morgan fingerprint density at radius 3 is 0.716 bits per heavy atom. The van der Waals surface area contributed by atoms with Gasteiger partial charge in [-0.25, -0.2) is 0 Å². The molecular formula is C76H76N8O4. The number of aromatic amines is 4. The van der Waals surface area contributed by atoms with Crippen molar-refractivity contribution < 1.29 is 18.9 Å². The second-order valence-corrected chi connectivity index (χ2v) is 22.6. The van der Waals surface area contributed by atoms with Gasteiger partial charge in [0.25, 0.3) is 0 Å². The molecule has 4 N–H and O–H groups in total. The van der Waals surface area contributed by atoms with E-state index in [1.54, 1.807) is 0 Å². The third kappa shape index (κ3) is 14.0. The highest BCUT2D eigenvalue weighted by atomic mass is 16.5. The maximum absolute atomic E-state index is 6.36. The van der Waals surface area contributed by atoms with Gasteiger partial charge in [-0.05, 0) is 194 Å². The molecule has 0 saturated heterocycles. The second kappa shape index (κ2) is 27.9. The van der Waals surface area contributed by atoms with E-state index in [0.717, 1.165) is 190 Å². The van der Waals surface area contributed by atoms with E-state index >= 15 is 0 Å². The van der Waals surface area contributed by atoms with E-state index < -0.39 is 0 Å². The summed E-state index contributed by atoms with van der Waals surface area (Å²) in [4.78, 5) is 25.1. The zero-order chi connectivity index (χ0) is 59.1. The maximum atomic E-state index is 6.36. The average molecular weight is 1170 g/mol. The van der Waals surface area contributed by atoms with Crippen molar-refractivity contribution in [2.75, 3.05) is 78.8 Å². The molecule has 12 nitrogen and oxygen atoms in total. The van der Waals surface area contributed by atoms with Crippen LogP contribution in [0.15, 0.2) is 243 Å². The largest absolute Gasteiger partial charge is 0.494 e. The quantitative estimate of drug-likeness (QED) is 0.0443. The number of fused-ring (bicyclic) bond motifs is 8. The van der Waals surface area contributed by atoms with Gasteiger partial charge in [0.2, 0.25) is 0 Å². The van der Waals surface area contributed by atoms with Crippen molar-refractivity contribution in [1.29, 1.82) is 0 Å². The molecular weight excluding hydrogens is 1090 g/mol. The van der Waals surface area contributed by atoms with Crippen molar-refractivity contribution in [2.24, 2.45) is 0 Å². The predicted octanol–water partition coefficient (Wildman–Crippen LogP) is 10.9. The smallest absolute Gasteiger partial charge is 0.119 e. The Morgan fingerprint density at radius 2 is 0.500 bits per heavy atom. The van der Waals surface area contributed by atoms with Crippen LogP contribution in [0.5, 0.6) is 23.0 Å². The summed E-state index contributed by atoms with van der Waals surface area (Å²) in [5.41, 5.74) is 12.1. The highest BCUT2D eigenvalue weighted by Gasteiger charge is 2.20. The first-order valence-corrected chi connectivity index (χ1v) is 31.1. The van der Waals surface area contributed by atoms with Gasteiger partial charge < -0.3 is 58.5 Å². The lowest BCUT2D eigenvalue weighted by molar-refractivity contribution is 0.283. The van der Waals surface area contributed by atoms with Crippen molar-refractivity contribution in [3.63, 3.8) is 0 Å². The third-order valence-corrected chi connectivity index (χ3v) is 16.4. The molecule has 0 aliphatic carbocycles. The fourth-order valence-electron chi connectivity index (χ4n) is 12.0. The van der Waals surface area contributed by atoms with Gasteiger partial charge in [-0.3, -0.25) is 0 Å². The Morgan fingerprint density at radius 1 is 0.261 bits per heavy atom. The van der Waals surface area contributed by atoms with Crippen molar-refractivity contribution in [1.82, 2.24) is 39.5 Å². The summed E-state index contributed by atoms with van der Waals surface area (Å²) in [6.07, 6.45) is 37.7. The Bertz CT molecular complexity index is 3650. The van der Waals surface area contributed by atoms with Crippen molar-refractivity contribution >= 4 is 22.3 Å². The van der Waals surface area contributed by atoms with Gasteiger partial charge in [-0.15, -0.1) is 0 Å². The number of allylic oxidation sites excluding steroid dienone is 8. The summed E-state index contributed by atoms with van der Waals surface area (Å²) in [5, 5.41) is 3.85. The van der Waals surface area contributed by atoms with Gasteiger partial charge in [0.15, 0.2) is 0 Å². The summed E-state index contributed by atoms with van der Waals surface area (Å²) in [6, 6.07) is 51.8. The van der Waals surface area contributed by atoms with Crippen LogP contribution in [0.25, 0.3) is 22.3 Å². The zero-order valence-corrected chi connectivity index (χ0v) is 49.8. The molecule has 0 saturated carbocycles. The van der Waals surface area contributed by atoms with E-state index in [9.17, 15) is 0 Å². The van der Waals surface area contributed by atoms with Crippen LogP contribution in [0.1, 0.15) is 70.7 Å². The van der Waals surface area contributed by atoms with E-state index in [2.05, 4.69) is 283 Å². The summed E-state index contributed by atoms with van der Waals surface area (Å²) in [6.45, 7) is 9.97. The van der Waals surface area contributed by atoms with Crippen molar-refractivity contribution in [3.8, 4) is 23.0 Å². The molecule has 0 radical (unpaired) electrons. The maximum Gasteiger partial charge on any atom is 0.119 e. The number of nitrogens with zero attached hydrogens (tertiary/aromatic N) is 4. The number of ether oxygens (including phenoxy) is 4. The van der Waals surface area contributed by atoms with Gasteiger partial charge in [0, 0.05) is 119 Å². The van der Waals surface area contributed by atoms with Crippen LogP contribution in [0, 0.1) is 0 Å². The standard InChI is InChI=1S/C76H76N8O4/c1-5-41-81(42-6-1)49-13-53-85-61-25-17-57(18-26-61)73-65-33-35-67(77-65)74(58-19-27-62(28-20-58)86-54-14-50-82-43-7-2-8-44-82)69-37-39-71(79-69)76(60-23-31-64(32-24-60)88-56-16-52-84-47-11-4-12-48-84)72-40-38-70(80-72)75(68-36-34-66(73)78-68)59-21-29-63(30-22-59)87-55-15-51-83-45-9-3-10-46-83/h1-12,17-41,43,45,47,77-80H,13-16,42,44,46,48-56H2. The average Bonchev–Trinajstić information content (AvgIpc) is 2.23. The lowest BCUT2D eigenvalue weighted by Gasteiger charge is -2.20.